The van der Waals surface area contributed by atoms with Gasteiger partial charge in [0.25, 0.3) is 0 Å². The zero-order valence-corrected chi connectivity index (χ0v) is 13.1. The van der Waals surface area contributed by atoms with Crippen LogP contribution in [-0.4, -0.2) is 43.9 Å². The molecular formula is C16H21N5O2. The van der Waals surface area contributed by atoms with E-state index in [2.05, 4.69) is 20.7 Å². The highest BCUT2D eigenvalue weighted by molar-refractivity contribution is 5.75. The highest BCUT2D eigenvalue weighted by Crippen LogP contribution is 2.24. The Kier molecular flexibility index (Phi) is 4.66. The third-order valence-corrected chi connectivity index (χ3v) is 4.23. The van der Waals surface area contributed by atoms with Crippen molar-refractivity contribution in [3.63, 3.8) is 0 Å². The van der Waals surface area contributed by atoms with E-state index in [1.807, 2.05) is 31.2 Å². The van der Waals surface area contributed by atoms with Crippen molar-refractivity contribution < 1.29 is 9.90 Å². The number of amides is 1. The van der Waals surface area contributed by atoms with E-state index in [4.69, 9.17) is 0 Å². The van der Waals surface area contributed by atoms with Crippen LogP contribution in [0.5, 0.6) is 0 Å². The monoisotopic (exact) mass is 315 g/mol. The molecule has 1 saturated carbocycles. The van der Waals surface area contributed by atoms with Gasteiger partial charge in [-0.2, -0.15) is 4.80 Å². The molecule has 7 nitrogen and oxygen atoms in total. The fourth-order valence-electron chi connectivity index (χ4n) is 2.81. The molecule has 1 aromatic carbocycles. The molecule has 0 bridgehead atoms. The number of carbonyl (C=O) groups is 1. The molecule has 3 rings (SSSR count). The molecule has 0 spiro atoms. The van der Waals surface area contributed by atoms with Crippen LogP contribution in [0.4, 0.5) is 0 Å². The Morgan fingerprint density at radius 2 is 2.13 bits per heavy atom. The number of nitrogens with one attached hydrogen (secondary N) is 1. The summed E-state index contributed by atoms with van der Waals surface area (Å²) in [5.74, 6) is 0.492. The number of aliphatic hydroxyl groups is 1. The van der Waals surface area contributed by atoms with Crippen molar-refractivity contribution in [2.45, 2.75) is 38.8 Å². The summed E-state index contributed by atoms with van der Waals surface area (Å²) >= 11 is 0. The Morgan fingerprint density at radius 3 is 2.83 bits per heavy atom. The molecule has 7 heteroatoms. The molecule has 1 aliphatic rings. The van der Waals surface area contributed by atoms with Crippen LogP contribution in [0.15, 0.2) is 24.3 Å². The first kappa shape index (κ1) is 15.6. The van der Waals surface area contributed by atoms with Crippen LogP contribution in [0.2, 0.25) is 0 Å². The number of aliphatic hydroxyl groups excluding tert-OH is 1. The van der Waals surface area contributed by atoms with Gasteiger partial charge in [-0.1, -0.05) is 36.2 Å². The number of nitrogens with zero attached hydrogens (tertiary/aromatic N) is 4. The molecule has 1 fully saturated rings. The number of hydrogen-bond acceptors (Lipinski definition) is 5. The molecule has 23 heavy (non-hydrogen) atoms. The third-order valence-electron chi connectivity index (χ3n) is 4.23. The zero-order chi connectivity index (χ0) is 16.2. The van der Waals surface area contributed by atoms with Crippen LogP contribution >= 0.6 is 0 Å². The number of carbonyl (C=O) groups excluding carboxylic acids is 1. The molecule has 1 aliphatic carbocycles. The largest absolute Gasteiger partial charge is 0.393 e. The van der Waals surface area contributed by atoms with Crippen LogP contribution in [0.1, 0.15) is 24.8 Å². The molecule has 0 aliphatic heterocycles. The summed E-state index contributed by atoms with van der Waals surface area (Å²) in [6, 6.07) is 7.82. The van der Waals surface area contributed by atoms with Crippen LogP contribution in [0, 0.1) is 12.8 Å². The molecule has 2 unspecified atom stereocenters. The molecule has 1 heterocycles. The first-order valence-electron chi connectivity index (χ1n) is 7.91. The lowest BCUT2D eigenvalue weighted by molar-refractivity contribution is -0.122. The molecule has 0 saturated heterocycles. The predicted octanol–water partition coefficient (Wildman–Crippen LogP) is 0.926. The number of hydrogen-bond donors (Lipinski definition) is 2. The quantitative estimate of drug-likeness (QED) is 0.856. The maximum atomic E-state index is 11.9. The Hall–Kier alpha value is -2.28. The predicted molar refractivity (Wildman–Crippen MR) is 84.3 cm³/mol. The fraction of sp³-hybridized carbons (Fsp3) is 0.500. The summed E-state index contributed by atoms with van der Waals surface area (Å²) < 4.78 is 0. The van der Waals surface area contributed by atoms with Gasteiger partial charge in [-0.05, 0) is 25.0 Å². The topological polar surface area (TPSA) is 92.9 Å². The van der Waals surface area contributed by atoms with Crippen molar-refractivity contribution in [1.82, 2.24) is 25.5 Å². The van der Waals surface area contributed by atoms with E-state index in [0.29, 0.717) is 12.4 Å². The van der Waals surface area contributed by atoms with E-state index in [1.54, 1.807) is 0 Å². The summed E-state index contributed by atoms with van der Waals surface area (Å²) in [6.07, 6.45) is 2.51. The van der Waals surface area contributed by atoms with Crippen LogP contribution in [0.25, 0.3) is 11.4 Å². The number of benzene rings is 1. The highest BCUT2D eigenvalue weighted by atomic mass is 16.3. The smallest absolute Gasteiger partial charge is 0.243 e. The maximum absolute atomic E-state index is 11.9. The zero-order valence-electron chi connectivity index (χ0n) is 13.1. The minimum atomic E-state index is -0.298. The third kappa shape index (κ3) is 3.92. The van der Waals surface area contributed by atoms with Gasteiger partial charge in [-0.3, -0.25) is 4.79 Å². The van der Waals surface area contributed by atoms with Crippen molar-refractivity contribution in [3.8, 4) is 11.4 Å². The fourth-order valence-corrected chi connectivity index (χ4v) is 2.81. The van der Waals surface area contributed by atoms with Gasteiger partial charge in [0.2, 0.25) is 11.7 Å². The van der Waals surface area contributed by atoms with E-state index < -0.39 is 0 Å². The second kappa shape index (κ2) is 6.87. The van der Waals surface area contributed by atoms with E-state index in [0.717, 1.165) is 30.4 Å². The number of aryl methyl sites for hydroxylation is 1. The second-order valence-electron chi connectivity index (χ2n) is 6.07. The van der Waals surface area contributed by atoms with Crippen LogP contribution < -0.4 is 5.32 Å². The Morgan fingerprint density at radius 1 is 1.35 bits per heavy atom. The average molecular weight is 315 g/mol. The Bertz CT molecular complexity index is 667. The summed E-state index contributed by atoms with van der Waals surface area (Å²) in [6.45, 7) is 2.54. The first-order valence-corrected chi connectivity index (χ1v) is 7.91. The number of aromatic nitrogens is 4. The van der Waals surface area contributed by atoms with E-state index in [-0.39, 0.29) is 24.5 Å². The summed E-state index contributed by atoms with van der Waals surface area (Å²) in [4.78, 5) is 13.2. The highest BCUT2D eigenvalue weighted by Gasteiger charge is 2.25. The SMILES string of the molecule is Cc1ccc(-c2nnn(CC(=O)NCC3CCCC3O)n2)cc1. The molecule has 122 valence electrons. The normalized spacial score (nSPS) is 20.6. The van der Waals surface area contributed by atoms with Crippen molar-refractivity contribution in [2.75, 3.05) is 6.54 Å². The lowest BCUT2D eigenvalue weighted by Gasteiger charge is -2.14. The van der Waals surface area contributed by atoms with Gasteiger partial charge in [-0.15, -0.1) is 10.2 Å². The van der Waals surface area contributed by atoms with Crippen LogP contribution in [0.3, 0.4) is 0 Å². The van der Waals surface area contributed by atoms with Crippen molar-refractivity contribution in [2.24, 2.45) is 5.92 Å². The van der Waals surface area contributed by atoms with Crippen molar-refractivity contribution in [1.29, 1.82) is 0 Å². The first-order chi connectivity index (χ1) is 11.1. The minimum absolute atomic E-state index is 0.0294. The molecule has 0 radical (unpaired) electrons. The summed E-state index contributed by atoms with van der Waals surface area (Å²) in [5.41, 5.74) is 2.03. The lowest BCUT2D eigenvalue weighted by Crippen LogP contribution is -2.35. The van der Waals surface area contributed by atoms with Gasteiger partial charge in [0.05, 0.1) is 6.10 Å². The van der Waals surface area contributed by atoms with Gasteiger partial charge in [0.1, 0.15) is 6.54 Å². The number of rotatable bonds is 5. The van der Waals surface area contributed by atoms with Gasteiger partial charge < -0.3 is 10.4 Å². The molecule has 2 aromatic rings. The number of tetrazole rings is 1. The molecule has 2 N–H and O–H groups in total. The molecule has 1 amide bonds. The average Bonchev–Trinajstić information content (AvgIpc) is 3.15. The standard InChI is InChI=1S/C16H21N5O2/c1-11-5-7-12(8-6-11)16-18-20-21(19-16)10-15(23)17-9-13-3-2-4-14(13)22/h5-8,13-14,22H,2-4,9-10H2,1H3,(H,17,23). The van der Waals surface area contributed by atoms with Crippen molar-refractivity contribution in [3.05, 3.63) is 29.8 Å². The van der Waals surface area contributed by atoms with Gasteiger partial charge in [0.15, 0.2) is 0 Å². The Labute approximate surface area is 134 Å². The van der Waals surface area contributed by atoms with Gasteiger partial charge in [-0.25, -0.2) is 0 Å². The second-order valence-corrected chi connectivity index (χ2v) is 6.07. The summed E-state index contributed by atoms with van der Waals surface area (Å²) in [5, 5.41) is 24.7. The van der Waals surface area contributed by atoms with E-state index in [1.165, 1.54) is 4.80 Å². The summed E-state index contributed by atoms with van der Waals surface area (Å²) in [7, 11) is 0. The molecular weight excluding hydrogens is 294 g/mol. The maximum Gasteiger partial charge on any atom is 0.243 e. The van der Waals surface area contributed by atoms with Crippen molar-refractivity contribution >= 4 is 5.91 Å². The molecule has 1 aromatic heterocycles. The molecule has 2 atom stereocenters. The van der Waals surface area contributed by atoms with Gasteiger partial charge >= 0.3 is 0 Å². The van der Waals surface area contributed by atoms with Gasteiger partial charge in [0, 0.05) is 18.0 Å². The van der Waals surface area contributed by atoms with Crippen LogP contribution in [-0.2, 0) is 11.3 Å². The lowest BCUT2D eigenvalue weighted by atomic mass is 10.1. The van der Waals surface area contributed by atoms with E-state index >= 15 is 0 Å². The minimum Gasteiger partial charge on any atom is -0.393 e. The van der Waals surface area contributed by atoms with E-state index in [9.17, 15) is 9.90 Å². The Balaban J connectivity index is 1.54.